The summed E-state index contributed by atoms with van der Waals surface area (Å²) < 4.78 is 10.1. The van der Waals surface area contributed by atoms with Gasteiger partial charge in [-0.05, 0) is 6.07 Å². The van der Waals surface area contributed by atoms with E-state index in [4.69, 9.17) is 4.74 Å². The first kappa shape index (κ1) is 14.8. The van der Waals surface area contributed by atoms with Crippen LogP contribution >= 0.6 is 11.5 Å². The van der Waals surface area contributed by atoms with Gasteiger partial charge in [0, 0.05) is 28.6 Å². The van der Waals surface area contributed by atoms with Crippen molar-refractivity contribution in [1.82, 2.24) is 9.36 Å². The first-order chi connectivity index (χ1) is 11.7. The number of nitrogens with one attached hydrogen (secondary N) is 1. The van der Waals surface area contributed by atoms with Gasteiger partial charge < -0.3 is 4.74 Å². The predicted octanol–water partition coefficient (Wildman–Crippen LogP) is 3.71. The standard InChI is InChI=1S/C18H15N3O2S/c1-11-13-9-5-6-10-14(13)23-15(11)17(22)20-18-19-16(21-24-18)12-7-3-2-4-8-12/h2-11,15H,1H3,(H,19,20,21,22). The van der Waals surface area contributed by atoms with Crippen molar-refractivity contribution in [3.05, 3.63) is 60.2 Å². The van der Waals surface area contributed by atoms with Crippen molar-refractivity contribution in [2.75, 3.05) is 5.32 Å². The van der Waals surface area contributed by atoms with Crippen molar-refractivity contribution in [2.45, 2.75) is 18.9 Å². The molecule has 0 aliphatic carbocycles. The predicted molar refractivity (Wildman–Crippen MR) is 93.2 cm³/mol. The van der Waals surface area contributed by atoms with E-state index >= 15 is 0 Å². The average molecular weight is 337 g/mol. The molecular formula is C18H15N3O2S. The Kier molecular flexibility index (Phi) is 3.74. The van der Waals surface area contributed by atoms with Crippen molar-refractivity contribution < 1.29 is 9.53 Å². The van der Waals surface area contributed by atoms with Gasteiger partial charge in [-0.15, -0.1) is 0 Å². The Bertz CT molecular complexity index is 879. The molecule has 2 unspecified atom stereocenters. The number of ether oxygens (including phenoxy) is 1. The van der Waals surface area contributed by atoms with Gasteiger partial charge in [0.25, 0.3) is 5.91 Å². The van der Waals surface area contributed by atoms with E-state index < -0.39 is 6.10 Å². The number of benzene rings is 2. The third-order valence-corrected chi connectivity index (χ3v) is 4.69. The van der Waals surface area contributed by atoms with Crippen LogP contribution in [0.2, 0.25) is 0 Å². The molecule has 24 heavy (non-hydrogen) atoms. The molecule has 6 heteroatoms. The van der Waals surface area contributed by atoms with E-state index in [1.54, 1.807) is 0 Å². The van der Waals surface area contributed by atoms with Crippen LogP contribution in [0.3, 0.4) is 0 Å². The fourth-order valence-corrected chi connectivity index (χ4v) is 3.39. The second-order valence-electron chi connectivity index (χ2n) is 5.64. The molecule has 4 rings (SSSR count). The van der Waals surface area contributed by atoms with Crippen LogP contribution in [-0.2, 0) is 4.79 Å². The Morgan fingerprint density at radius 2 is 1.88 bits per heavy atom. The summed E-state index contributed by atoms with van der Waals surface area (Å²) in [5.41, 5.74) is 1.98. The summed E-state index contributed by atoms with van der Waals surface area (Å²) in [4.78, 5) is 16.9. The van der Waals surface area contributed by atoms with Crippen LogP contribution in [-0.4, -0.2) is 21.4 Å². The van der Waals surface area contributed by atoms with E-state index in [0.29, 0.717) is 11.0 Å². The van der Waals surface area contributed by atoms with Crippen molar-refractivity contribution in [3.8, 4) is 17.1 Å². The molecule has 0 bridgehead atoms. The zero-order valence-corrected chi connectivity index (χ0v) is 13.8. The van der Waals surface area contributed by atoms with Gasteiger partial charge in [0.05, 0.1) is 0 Å². The Balaban J connectivity index is 1.49. The largest absolute Gasteiger partial charge is 0.480 e. The molecule has 1 amide bonds. The minimum atomic E-state index is -0.550. The summed E-state index contributed by atoms with van der Waals surface area (Å²) in [6, 6.07) is 17.4. The van der Waals surface area contributed by atoms with E-state index in [-0.39, 0.29) is 11.8 Å². The first-order valence-electron chi connectivity index (χ1n) is 7.68. The van der Waals surface area contributed by atoms with Gasteiger partial charge in [-0.25, -0.2) is 0 Å². The lowest BCUT2D eigenvalue weighted by Gasteiger charge is -2.13. The van der Waals surface area contributed by atoms with E-state index in [2.05, 4.69) is 14.7 Å². The summed E-state index contributed by atoms with van der Waals surface area (Å²) >= 11 is 1.17. The molecular weight excluding hydrogens is 322 g/mol. The number of fused-ring (bicyclic) bond motifs is 1. The van der Waals surface area contributed by atoms with Crippen LogP contribution in [0.25, 0.3) is 11.4 Å². The molecule has 0 saturated carbocycles. The van der Waals surface area contributed by atoms with Crippen LogP contribution in [0, 0.1) is 0 Å². The van der Waals surface area contributed by atoms with Crippen LogP contribution in [0.1, 0.15) is 18.4 Å². The molecule has 0 radical (unpaired) electrons. The van der Waals surface area contributed by atoms with Crippen LogP contribution in [0.4, 0.5) is 5.13 Å². The molecule has 1 aromatic heterocycles. The van der Waals surface area contributed by atoms with Crippen LogP contribution < -0.4 is 10.1 Å². The van der Waals surface area contributed by atoms with E-state index in [1.165, 1.54) is 11.5 Å². The van der Waals surface area contributed by atoms with Gasteiger partial charge in [-0.1, -0.05) is 55.5 Å². The molecule has 0 spiro atoms. The van der Waals surface area contributed by atoms with Gasteiger partial charge in [0.2, 0.25) is 5.13 Å². The van der Waals surface area contributed by atoms with Crippen molar-refractivity contribution in [2.24, 2.45) is 0 Å². The van der Waals surface area contributed by atoms with E-state index in [0.717, 1.165) is 16.9 Å². The molecule has 2 aromatic carbocycles. The highest BCUT2D eigenvalue weighted by atomic mass is 32.1. The van der Waals surface area contributed by atoms with E-state index in [9.17, 15) is 4.79 Å². The van der Waals surface area contributed by atoms with Gasteiger partial charge in [-0.2, -0.15) is 9.36 Å². The van der Waals surface area contributed by atoms with Crippen molar-refractivity contribution in [1.29, 1.82) is 0 Å². The Morgan fingerprint density at radius 1 is 1.12 bits per heavy atom. The second-order valence-corrected chi connectivity index (χ2v) is 6.40. The maximum absolute atomic E-state index is 12.5. The SMILES string of the molecule is CC1c2ccccc2OC1C(=O)Nc1nc(-c2ccccc2)ns1. The van der Waals surface area contributed by atoms with Crippen LogP contribution in [0.5, 0.6) is 5.75 Å². The maximum Gasteiger partial charge on any atom is 0.267 e. The van der Waals surface area contributed by atoms with Gasteiger partial charge in [0.1, 0.15) is 5.75 Å². The molecule has 3 aromatic rings. The number of hydrogen-bond acceptors (Lipinski definition) is 5. The van der Waals surface area contributed by atoms with Gasteiger partial charge in [-0.3, -0.25) is 10.1 Å². The summed E-state index contributed by atoms with van der Waals surface area (Å²) in [5.74, 6) is 1.18. The number of rotatable bonds is 3. The molecule has 1 aliphatic heterocycles. The third-order valence-electron chi connectivity index (χ3n) is 4.06. The summed E-state index contributed by atoms with van der Waals surface area (Å²) in [7, 11) is 0. The number of aromatic nitrogens is 2. The molecule has 0 fully saturated rings. The average Bonchev–Trinajstić information content (AvgIpc) is 3.21. The first-order valence-corrected chi connectivity index (χ1v) is 8.45. The highest BCUT2D eigenvalue weighted by Gasteiger charge is 2.36. The zero-order valence-electron chi connectivity index (χ0n) is 13.0. The number of anilines is 1. The summed E-state index contributed by atoms with van der Waals surface area (Å²) in [5, 5.41) is 3.30. The molecule has 2 heterocycles. The maximum atomic E-state index is 12.5. The zero-order chi connectivity index (χ0) is 16.5. The highest BCUT2D eigenvalue weighted by Crippen LogP contribution is 2.38. The van der Waals surface area contributed by atoms with Gasteiger partial charge in [0.15, 0.2) is 11.9 Å². The minimum Gasteiger partial charge on any atom is -0.480 e. The quantitative estimate of drug-likeness (QED) is 0.791. The van der Waals surface area contributed by atoms with Gasteiger partial charge >= 0.3 is 0 Å². The second kappa shape index (κ2) is 6.05. The lowest BCUT2D eigenvalue weighted by molar-refractivity contribution is -0.122. The number of nitrogens with zero attached hydrogens (tertiary/aromatic N) is 2. The summed E-state index contributed by atoms with van der Waals surface area (Å²) in [6.45, 7) is 1.99. The Labute approximate surface area is 143 Å². The molecule has 0 saturated heterocycles. The number of carbonyl (C=O) groups is 1. The molecule has 1 N–H and O–H groups in total. The topological polar surface area (TPSA) is 64.1 Å². The normalized spacial score (nSPS) is 18.7. The smallest absolute Gasteiger partial charge is 0.267 e. The fraction of sp³-hybridized carbons (Fsp3) is 0.167. The molecule has 120 valence electrons. The third kappa shape index (κ3) is 2.65. The number of hydrogen-bond donors (Lipinski definition) is 1. The summed E-state index contributed by atoms with van der Waals surface area (Å²) in [6.07, 6.45) is -0.550. The fourth-order valence-electron chi connectivity index (χ4n) is 2.80. The Hall–Kier alpha value is -2.73. The monoisotopic (exact) mass is 337 g/mol. The molecule has 1 aliphatic rings. The number of amides is 1. The number of carbonyl (C=O) groups excluding carboxylic acids is 1. The highest BCUT2D eigenvalue weighted by molar-refractivity contribution is 7.10. The van der Waals surface area contributed by atoms with Crippen LogP contribution in [0.15, 0.2) is 54.6 Å². The lowest BCUT2D eigenvalue weighted by atomic mass is 9.97. The van der Waals surface area contributed by atoms with E-state index in [1.807, 2.05) is 61.5 Å². The minimum absolute atomic E-state index is 0.00251. The van der Waals surface area contributed by atoms with Crippen molar-refractivity contribution in [3.63, 3.8) is 0 Å². The molecule has 5 nitrogen and oxygen atoms in total. The number of para-hydroxylation sites is 1. The lowest BCUT2D eigenvalue weighted by Crippen LogP contribution is -2.33. The molecule has 2 atom stereocenters. The Morgan fingerprint density at radius 3 is 2.67 bits per heavy atom. The van der Waals surface area contributed by atoms with Crippen molar-refractivity contribution >= 4 is 22.6 Å².